The Bertz CT molecular complexity index is 495. The highest BCUT2D eigenvalue weighted by Crippen LogP contribution is 2.07. The zero-order chi connectivity index (χ0) is 16.4. The minimum absolute atomic E-state index is 0. The summed E-state index contributed by atoms with van der Waals surface area (Å²) in [5, 5.41) is 5.83. The molecule has 0 heterocycles. The fourth-order valence-corrected chi connectivity index (χ4v) is 1.90. The summed E-state index contributed by atoms with van der Waals surface area (Å²) in [6.07, 6.45) is 0.693. The lowest BCUT2D eigenvalue weighted by Gasteiger charge is -2.11. The molecule has 0 spiro atoms. The number of hydrogen-bond acceptors (Lipinski definition) is 4. The Kier molecular flexibility index (Phi) is 11.0. The Morgan fingerprint density at radius 1 is 1.22 bits per heavy atom. The van der Waals surface area contributed by atoms with E-state index in [9.17, 15) is 9.59 Å². The summed E-state index contributed by atoms with van der Waals surface area (Å²) in [7, 11) is 5.08. The van der Waals surface area contributed by atoms with E-state index in [2.05, 4.69) is 10.6 Å². The van der Waals surface area contributed by atoms with Gasteiger partial charge in [0, 0.05) is 39.9 Å². The largest absolute Gasteiger partial charge is 0.383 e. The van der Waals surface area contributed by atoms with Crippen LogP contribution in [0.25, 0.3) is 0 Å². The number of nitrogens with zero attached hydrogens (tertiary/aromatic N) is 1. The molecule has 0 aliphatic heterocycles. The zero-order valence-electron chi connectivity index (χ0n) is 13.9. The molecule has 0 saturated carbocycles. The Balaban J connectivity index is 0.00000484. The molecule has 0 atom stereocenters. The van der Waals surface area contributed by atoms with Gasteiger partial charge in [0.1, 0.15) is 0 Å². The van der Waals surface area contributed by atoms with Crippen LogP contribution in [0.4, 0.5) is 0 Å². The topological polar surface area (TPSA) is 70.7 Å². The predicted molar refractivity (Wildman–Crippen MR) is 93.2 cm³/mol. The highest BCUT2D eigenvalue weighted by Gasteiger charge is 2.08. The van der Waals surface area contributed by atoms with Crippen LogP contribution < -0.4 is 10.6 Å². The maximum Gasteiger partial charge on any atom is 0.253 e. The van der Waals surface area contributed by atoms with Gasteiger partial charge in [-0.05, 0) is 24.1 Å². The fourth-order valence-electron chi connectivity index (χ4n) is 1.90. The molecular weight excluding hydrogens is 318 g/mol. The van der Waals surface area contributed by atoms with Crippen LogP contribution in [0.15, 0.2) is 24.3 Å². The van der Waals surface area contributed by atoms with Gasteiger partial charge in [-0.3, -0.25) is 9.59 Å². The number of ether oxygens (including phenoxy) is 1. The number of hydrogen-bond donors (Lipinski definition) is 2. The number of benzene rings is 1. The molecule has 1 aromatic carbocycles. The predicted octanol–water partition coefficient (Wildman–Crippen LogP) is 0.705. The van der Waals surface area contributed by atoms with Gasteiger partial charge in [-0.15, -0.1) is 12.4 Å². The maximum absolute atomic E-state index is 11.9. The summed E-state index contributed by atoms with van der Waals surface area (Å²) in [4.78, 5) is 25.0. The first-order valence-corrected chi connectivity index (χ1v) is 7.31. The molecule has 0 saturated heterocycles. The molecule has 0 bridgehead atoms. The molecule has 0 aromatic heterocycles. The van der Waals surface area contributed by atoms with E-state index in [1.807, 2.05) is 18.2 Å². The second-order valence-corrected chi connectivity index (χ2v) is 5.17. The Morgan fingerprint density at radius 2 is 1.96 bits per heavy atom. The third kappa shape index (κ3) is 8.54. The average Bonchev–Trinajstić information content (AvgIpc) is 2.51. The number of carbonyl (C=O) groups excluding carboxylic acids is 2. The summed E-state index contributed by atoms with van der Waals surface area (Å²) < 4.78 is 4.88. The van der Waals surface area contributed by atoms with Gasteiger partial charge < -0.3 is 20.3 Å². The third-order valence-corrected chi connectivity index (χ3v) is 3.08. The van der Waals surface area contributed by atoms with E-state index in [1.165, 1.54) is 0 Å². The van der Waals surface area contributed by atoms with Crippen LogP contribution in [0.2, 0.25) is 0 Å². The maximum atomic E-state index is 11.9. The standard InChI is InChI=1S/C16H25N3O3.ClH/c1-19(2)16(21)14-6-4-5-13(11-14)7-8-18-15(20)12-17-9-10-22-3;/h4-6,11,17H,7-10,12H2,1-3H3,(H,18,20);1H. The molecular formula is C16H26ClN3O3. The van der Waals surface area contributed by atoms with Gasteiger partial charge in [0.25, 0.3) is 5.91 Å². The van der Waals surface area contributed by atoms with Crippen molar-refractivity contribution in [1.29, 1.82) is 0 Å². The average molecular weight is 344 g/mol. The lowest BCUT2D eigenvalue weighted by Crippen LogP contribution is -2.36. The molecule has 0 aliphatic carbocycles. The second-order valence-electron chi connectivity index (χ2n) is 5.17. The minimum Gasteiger partial charge on any atom is -0.383 e. The Labute approximate surface area is 144 Å². The van der Waals surface area contributed by atoms with Crippen LogP contribution in [0.5, 0.6) is 0 Å². The molecule has 0 radical (unpaired) electrons. The van der Waals surface area contributed by atoms with E-state index in [1.54, 1.807) is 32.2 Å². The molecule has 130 valence electrons. The molecule has 7 heteroatoms. The number of amides is 2. The SMILES string of the molecule is COCCNCC(=O)NCCc1cccc(C(=O)N(C)C)c1.Cl. The van der Waals surface area contributed by atoms with Crippen LogP contribution in [0.3, 0.4) is 0 Å². The molecule has 6 nitrogen and oxygen atoms in total. The summed E-state index contributed by atoms with van der Waals surface area (Å²) in [6.45, 7) is 2.06. The first-order valence-electron chi connectivity index (χ1n) is 7.31. The zero-order valence-corrected chi connectivity index (χ0v) is 14.7. The fraction of sp³-hybridized carbons (Fsp3) is 0.500. The van der Waals surface area contributed by atoms with Crippen molar-refractivity contribution in [1.82, 2.24) is 15.5 Å². The Morgan fingerprint density at radius 3 is 2.61 bits per heavy atom. The van der Waals surface area contributed by atoms with Gasteiger partial charge in [0.15, 0.2) is 0 Å². The number of nitrogens with one attached hydrogen (secondary N) is 2. The number of carbonyl (C=O) groups is 2. The molecule has 1 aromatic rings. The number of methoxy groups -OCH3 is 1. The van der Waals surface area contributed by atoms with Gasteiger partial charge in [-0.2, -0.15) is 0 Å². The van der Waals surface area contributed by atoms with Crippen molar-refractivity contribution in [2.24, 2.45) is 0 Å². The van der Waals surface area contributed by atoms with Gasteiger partial charge in [0.2, 0.25) is 5.91 Å². The van der Waals surface area contributed by atoms with E-state index in [0.717, 1.165) is 5.56 Å². The molecule has 0 unspecified atom stereocenters. The van der Waals surface area contributed by atoms with E-state index < -0.39 is 0 Å². The second kappa shape index (κ2) is 11.9. The highest BCUT2D eigenvalue weighted by molar-refractivity contribution is 5.94. The van der Waals surface area contributed by atoms with Crippen molar-refractivity contribution in [3.8, 4) is 0 Å². The molecule has 2 amide bonds. The third-order valence-electron chi connectivity index (χ3n) is 3.08. The monoisotopic (exact) mass is 343 g/mol. The van der Waals surface area contributed by atoms with Crippen LogP contribution in [0, 0.1) is 0 Å². The van der Waals surface area contributed by atoms with Crippen LogP contribution >= 0.6 is 12.4 Å². The highest BCUT2D eigenvalue weighted by atomic mass is 35.5. The van der Waals surface area contributed by atoms with Crippen molar-refractivity contribution in [2.75, 3.05) is 47.4 Å². The van der Waals surface area contributed by atoms with Gasteiger partial charge >= 0.3 is 0 Å². The van der Waals surface area contributed by atoms with Gasteiger partial charge in [0.05, 0.1) is 13.2 Å². The first-order chi connectivity index (χ1) is 10.5. The number of rotatable bonds is 9. The first kappa shape index (κ1) is 21.4. The summed E-state index contributed by atoms with van der Waals surface area (Å²) in [5.41, 5.74) is 1.69. The van der Waals surface area contributed by atoms with Gasteiger partial charge in [-0.25, -0.2) is 0 Å². The normalized spacial score (nSPS) is 9.87. The van der Waals surface area contributed by atoms with Crippen molar-refractivity contribution in [3.05, 3.63) is 35.4 Å². The van der Waals surface area contributed by atoms with Crippen LogP contribution in [-0.2, 0) is 16.0 Å². The summed E-state index contributed by atoms with van der Waals surface area (Å²) in [5.74, 6) is -0.0649. The van der Waals surface area contributed by atoms with E-state index in [0.29, 0.717) is 31.7 Å². The molecule has 0 aliphatic rings. The number of halogens is 1. The summed E-state index contributed by atoms with van der Waals surface area (Å²) >= 11 is 0. The lowest BCUT2D eigenvalue weighted by atomic mass is 10.1. The van der Waals surface area contributed by atoms with E-state index >= 15 is 0 Å². The van der Waals surface area contributed by atoms with Crippen LogP contribution in [0.1, 0.15) is 15.9 Å². The van der Waals surface area contributed by atoms with Crippen molar-refractivity contribution >= 4 is 24.2 Å². The Hall–Kier alpha value is -1.63. The van der Waals surface area contributed by atoms with Crippen molar-refractivity contribution in [3.63, 3.8) is 0 Å². The van der Waals surface area contributed by atoms with Crippen molar-refractivity contribution < 1.29 is 14.3 Å². The minimum atomic E-state index is -0.0448. The summed E-state index contributed by atoms with van der Waals surface area (Å²) in [6, 6.07) is 7.48. The van der Waals surface area contributed by atoms with E-state index in [4.69, 9.17) is 4.74 Å². The molecule has 23 heavy (non-hydrogen) atoms. The quantitative estimate of drug-likeness (QED) is 0.648. The molecule has 0 fully saturated rings. The lowest BCUT2D eigenvalue weighted by molar-refractivity contribution is -0.120. The molecule has 2 N–H and O–H groups in total. The van der Waals surface area contributed by atoms with Crippen LogP contribution in [-0.4, -0.2) is 64.2 Å². The molecule has 1 rings (SSSR count). The van der Waals surface area contributed by atoms with Crippen molar-refractivity contribution in [2.45, 2.75) is 6.42 Å². The van der Waals surface area contributed by atoms with E-state index in [-0.39, 0.29) is 30.8 Å². The smallest absolute Gasteiger partial charge is 0.253 e. The van der Waals surface area contributed by atoms with Gasteiger partial charge in [-0.1, -0.05) is 12.1 Å².